The van der Waals surface area contributed by atoms with Gasteiger partial charge in [-0.05, 0) is 46.0 Å². The summed E-state index contributed by atoms with van der Waals surface area (Å²) in [6, 6.07) is 23.9. The van der Waals surface area contributed by atoms with Crippen LogP contribution < -0.4 is 4.90 Å². The Bertz CT molecular complexity index is 2220. The maximum absolute atomic E-state index is 14.2. The number of carbonyl (C=O) groups is 3. The SMILES string of the molecule is COC(=O)C1=C(C(=O)OC)C2(c3ccccc3-c3c(C(=O)OC)cccc32)C2C=C(/C=C/c3ccc(Cl)c([N+](=O)[O-])c3)c3ccccc3N12. The van der Waals surface area contributed by atoms with Gasteiger partial charge >= 0.3 is 17.9 Å². The van der Waals surface area contributed by atoms with Gasteiger partial charge in [-0.2, -0.15) is 0 Å². The molecule has 0 aromatic heterocycles. The third-order valence-corrected chi connectivity index (χ3v) is 9.63. The quantitative estimate of drug-likeness (QED) is 0.0929. The Hall–Kier alpha value is -6.00. The van der Waals surface area contributed by atoms with E-state index in [9.17, 15) is 24.5 Å². The average Bonchev–Trinajstić information content (AvgIpc) is 3.60. The number of anilines is 1. The molecule has 2 aliphatic heterocycles. The lowest BCUT2D eigenvalue weighted by Crippen LogP contribution is -2.46. The molecule has 11 heteroatoms. The summed E-state index contributed by atoms with van der Waals surface area (Å²) in [6.07, 6.45) is 5.53. The molecule has 0 fully saturated rings. The Morgan fingerprint density at radius 2 is 1.49 bits per heavy atom. The summed E-state index contributed by atoms with van der Waals surface area (Å²) in [5.41, 5.74) is 3.96. The average molecular weight is 675 g/mol. The van der Waals surface area contributed by atoms with Crippen molar-refractivity contribution in [2.45, 2.75) is 11.5 Å². The van der Waals surface area contributed by atoms with E-state index < -0.39 is 34.3 Å². The van der Waals surface area contributed by atoms with E-state index in [-0.39, 0.29) is 22.0 Å². The van der Waals surface area contributed by atoms with Crippen LogP contribution in [0.2, 0.25) is 5.02 Å². The maximum atomic E-state index is 14.2. The van der Waals surface area contributed by atoms with Gasteiger partial charge in [0.15, 0.2) is 0 Å². The second-order valence-corrected chi connectivity index (χ2v) is 11.9. The van der Waals surface area contributed by atoms with Crippen molar-refractivity contribution >= 4 is 52.5 Å². The molecule has 0 saturated carbocycles. The number of allylic oxidation sites excluding steroid dienone is 2. The third-order valence-electron chi connectivity index (χ3n) is 9.31. The van der Waals surface area contributed by atoms with Crippen LogP contribution in [0.1, 0.15) is 32.6 Å². The van der Waals surface area contributed by atoms with Gasteiger partial charge < -0.3 is 19.1 Å². The van der Waals surface area contributed by atoms with E-state index in [0.717, 1.165) is 11.1 Å². The lowest BCUT2D eigenvalue weighted by molar-refractivity contribution is -0.384. The fourth-order valence-electron chi connectivity index (χ4n) is 7.44. The molecule has 0 N–H and O–H groups in total. The monoisotopic (exact) mass is 674 g/mol. The fraction of sp³-hybridized carbons (Fsp3) is 0.132. The Morgan fingerprint density at radius 1 is 0.816 bits per heavy atom. The number of hydrogen-bond donors (Lipinski definition) is 0. The van der Waals surface area contributed by atoms with Crippen LogP contribution in [0.5, 0.6) is 0 Å². The van der Waals surface area contributed by atoms with Crippen molar-refractivity contribution in [1.82, 2.24) is 0 Å². The third kappa shape index (κ3) is 4.51. The molecule has 4 aromatic carbocycles. The molecule has 0 bridgehead atoms. The molecule has 2 unspecified atom stereocenters. The number of nitro groups is 1. The van der Waals surface area contributed by atoms with Crippen molar-refractivity contribution in [2.24, 2.45) is 0 Å². The van der Waals surface area contributed by atoms with Crippen LogP contribution in [0.15, 0.2) is 108 Å². The van der Waals surface area contributed by atoms with E-state index in [0.29, 0.717) is 39.1 Å². The number of rotatable bonds is 6. The van der Waals surface area contributed by atoms with Crippen LogP contribution in [0.25, 0.3) is 22.8 Å². The second-order valence-electron chi connectivity index (χ2n) is 11.5. The van der Waals surface area contributed by atoms with Gasteiger partial charge in [0.1, 0.15) is 10.7 Å². The van der Waals surface area contributed by atoms with Gasteiger partial charge in [-0.15, -0.1) is 0 Å². The van der Waals surface area contributed by atoms with Crippen LogP contribution in [0.4, 0.5) is 11.4 Å². The highest BCUT2D eigenvalue weighted by Crippen LogP contribution is 2.63. The van der Waals surface area contributed by atoms with Crippen LogP contribution in [0.3, 0.4) is 0 Å². The van der Waals surface area contributed by atoms with Crippen molar-refractivity contribution in [1.29, 1.82) is 0 Å². The minimum atomic E-state index is -1.36. The topological polar surface area (TPSA) is 125 Å². The van der Waals surface area contributed by atoms with Gasteiger partial charge in [-0.3, -0.25) is 10.1 Å². The van der Waals surface area contributed by atoms with E-state index >= 15 is 0 Å². The largest absolute Gasteiger partial charge is 0.466 e. The Labute approximate surface area is 285 Å². The molecule has 0 saturated heterocycles. The number of nitro benzene ring substituents is 1. The minimum absolute atomic E-state index is 0.00512. The van der Waals surface area contributed by atoms with Crippen LogP contribution in [0, 0.1) is 10.1 Å². The predicted molar refractivity (Wildman–Crippen MR) is 183 cm³/mol. The minimum Gasteiger partial charge on any atom is -0.466 e. The zero-order valence-corrected chi connectivity index (χ0v) is 27.2. The smallest absolute Gasteiger partial charge is 0.355 e. The summed E-state index contributed by atoms with van der Waals surface area (Å²) in [7, 11) is 3.81. The van der Waals surface area contributed by atoms with Gasteiger partial charge in [0.05, 0.1) is 48.8 Å². The summed E-state index contributed by atoms with van der Waals surface area (Å²) >= 11 is 6.07. The molecule has 1 aliphatic carbocycles. The lowest BCUT2D eigenvalue weighted by Gasteiger charge is -2.41. The first-order valence-electron chi connectivity index (χ1n) is 15.1. The molecule has 244 valence electrons. The normalized spacial score (nSPS) is 18.4. The number of esters is 3. The highest BCUT2D eigenvalue weighted by molar-refractivity contribution is 6.32. The molecular weight excluding hydrogens is 648 g/mol. The number of nitrogens with zero attached hydrogens (tertiary/aromatic N) is 2. The number of fused-ring (bicyclic) bond motifs is 9. The summed E-state index contributed by atoms with van der Waals surface area (Å²) < 4.78 is 15.9. The second kappa shape index (κ2) is 11.9. The number of carbonyl (C=O) groups excluding carboxylic acids is 3. The van der Waals surface area contributed by atoms with Gasteiger partial charge in [0.2, 0.25) is 0 Å². The van der Waals surface area contributed by atoms with Gasteiger partial charge in [-0.1, -0.05) is 90.5 Å². The number of methoxy groups -OCH3 is 3. The summed E-state index contributed by atoms with van der Waals surface area (Å²) in [4.78, 5) is 54.1. The first-order chi connectivity index (χ1) is 23.7. The van der Waals surface area contributed by atoms with E-state index in [1.165, 1.54) is 33.5 Å². The molecule has 49 heavy (non-hydrogen) atoms. The van der Waals surface area contributed by atoms with Gasteiger partial charge in [-0.25, -0.2) is 14.4 Å². The van der Waals surface area contributed by atoms with Crippen molar-refractivity contribution in [3.8, 4) is 11.1 Å². The summed E-state index contributed by atoms with van der Waals surface area (Å²) in [5.74, 6) is -2.04. The molecule has 0 amide bonds. The Morgan fingerprint density at radius 3 is 2.20 bits per heavy atom. The van der Waals surface area contributed by atoms with Gasteiger partial charge in [0, 0.05) is 22.9 Å². The predicted octanol–water partition coefficient (Wildman–Crippen LogP) is 6.90. The van der Waals surface area contributed by atoms with E-state index in [1.54, 1.807) is 29.2 Å². The maximum Gasteiger partial charge on any atom is 0.355 e. The lowest BCUT2D eigenvalue weighted by atomic mass is 9.67. The van der Waals surface area contributed by atoms with Crippen molar-refractivity contribution < 1.29 is 33.5 Å². The summed E-state index contributed by atoms with van der Waals surface area (Å²) in [6.45, 7) is 0. The van der Waals surface area contributed by atoms with Crippen LogP contribution in [-0.2, 0) is 29.2 Å². The van der Waals surface area contributed by atoms with E-state index in [4.69, 9.17) is 25.8 Å². The van der Waals surface area contributed by atoms with E-state index in [1.807, 2.05) is 66.7 Å². The number of hydrogen-bond acceptors (Lipinski definition) is 9. The highest BCUT2D eigenvalue weighted by Gasteiger charge is 2.63. The zero-order valence-electron chi connectivity index (χ0n) is 26.4. The van der Waals surface area contributed by atoms with Crippen molar-refractivity contribution in [2.75, 3.05) is 26.2 Å². The molecule has 4 aromatic rings. The first kappa shape index (κ1) is 31.6. The zero-order chi connectivity index (χ0) is 34.6. The Balaban J connectivity index is 1.57. The van der Waals surface area contributed by atoms with Crippen LogP contribution >= 0.6 is 11.6 Å². The van der Waals surface area contributed by atoms with E-state index in [2.05, 4.69) is 0 Å². The number of halogens is 1. The molecule has 3 aliphatic rings. The van der Waals surface area contributed by atoms with Crippen molar-refractivity contribution in [3.63, 3.8) is 0 Å². The van der Waals surface area contributed by atoms with Crippen LogP contribution in [-0.4, -0.2) is 50.2 Å². The Kier molecular flexibility index (Phi) is 7.68. The molecule has 10 nitrogen and oxygen atoms in total. The summed E-state index contributed by atoms with van der Waals surface area (Å²) in [5, 5.41) is 11.6. The van der Waals surface area contributed by atoms with Crippen molar-refractivity contribution in [3.05, 3.63) is 151 Å². The van der Waals surface area contributed by atoms with Gasteiger partial charge in [0.25, 0.3) is 5.69 Å². The molecule has 2 atom stereocenters. The molecule has 1 spiro atoms. The number of ether oxygens (including phenoxy) is 3. The molecule has 7 rings (SSSR count). The molecule has 0 radical (unpaired) electrons. The molecular formula is C38H27ClN2O8. The number of benzene rings is 4. The fourth-order valence-corrected chi connectivity index (χ4v) is 7.62. The number of para-hydroxylation sites is 1. The first-order valence-corrected chi connectivity index (χ1v) is 15.5. The standard InChI is InChI=1S/C38H27ClN2O8/c1-47-35(42)25-11-8-13-27-32(25)24-10-4-6-12-26(24)38(27)31-20-22(17-15-21-16-18-28(39)30(19-21)41(45)46)23-9-5-7-14-29(23)40(31)34(37(44)49-3)33(38)36(43)48-2/h4-20,31H,1-3H3/b17-15+. The molecule has 2 heterocycles. The highest BCUT2D eigenvalue weighted by atomic mass is 35.5.